The van der Waals surface area contributed by atoms with Crippen molar-refractivity contribution in [2.75, 3.05) is 11.9 Å². The second kappa shape index (κ2) is 4.14. The Morgan fingerprint density at radius 1 is 1.33 bits per heavy atom. The van der Waals surface area contributed by atoms with Crippen molar-refractivity contribution in [1.82, 2.24) is 9.97 Å². The van der Waals surface area contributed by atoms with E-state index in [0.717, 1.165) is 18.4 Å². The molecule has 0 aromatic carbocycles. The predicted octanol–water partition coefficient (Wildman–Crippen LogP) is 1.50. The van der Waals surface area contributed by atoms with Crippen molar-refractivity contribution in [3.05, 3.63) is 18.0 Å². The van der Waals surface area contributed by atoms with E-state index in [1.165, 1.54) is 12.8 Å². The Balaban J connectivity index is 2.09. The molecule has 0 radical (unpaired) electrons. The Hall–Kier alpha value is -1.16. The fraction of sp³-hybridized carbons (Fsp3) is 0.636. The minimum absolute atomic E-state index is 0.157. The van der Waals surface area contributed by atoms with Crippen LogP contribution in [0.25, 0.3) is 0 Å². The molecule has 1 aromatic rings. The third-order valence-corrected chi connectivity index (χ3v) is 3.02. The fourth-order valence-corrected chi connectivity index (χ4v) is 2.07. The summed E-state index contributed by atoms with van der Waals surface area (Å²) in [5.74, 6) is 0.622. The maximum absolute atomic E-state index is 9.41. The molecule has 1 saturated carbocycles. The van der Waals surface area contributed by atoms with E-state index in [0.29, 0.717) is 5.95 Å². The first-order valence-electron chi connectivity index (χ1n) is 5.42. The summed E-state index contributed by atoms with van der Waals surface area (Å²) in [4.78, 5) is 8.40. The van der Waals surface area contributed by atoms with Crippen molar-refractivity contribution in [3.63, 3.8) is 0 Å². The second-order valence-electron chi connectivity index (χ2n) is 4.35. The van der Waals surface area contributed by atoms with E-state index < -0.39 is 0 Å². The Bertz CT molecular complexity index is 317. The molecule has 1 fully saturated rings. The van der Waals surface area contributed by atoms with Crippen LogP contribution in [0.15, 0.2) is 12.4 Å². The van der Waals surface area contributed by atoms with Gasteiger partial charge >= 0.3 is 0 Å². The Labute approximate surface area is 89.8 Å². The van der Waals surface area contributed by atoms with Crippen LogP contribution in [0, 0.1) is 6.92 Å². The zero-order chi connectivity index (χ0) is 10.7. The highest BCUT2D eigenvalue weighted by molar-refractivity contribution is 5.30. The zero-order valence-corrected chi connectivity index (χ0v) is 9.03. The van der Waals surface area contributed by atoms with Crippen LogP contribution in [0.1, 0.15) is 31.2 Å². The third kappa shape index (κ3) is 2.26. The van der Waals surface area contributed by atoms with Gasteiger partial charge in [-0.3, -0.25) is 0 Å². The number of nitrogens with one attached hydrogen (secondary N) is 1. The molecule has 4 heteroatoms. The topological polar surface area (TPSA) is 58.0 Å². The van der Waals surface area contributed by atoms with E-state index in [2.05, 4.69) is 15.3 Å². The molecule has 2 N–H and O–H groups in total. The summed E-state index contributed by atoms with van der Waals surface area (Å²) in [5, 5.41) is 12.7. The Kier molecular flexibility index (Phi) is 2.86. The number of aryl methyl sites for hydroxylation is 1. The van der Waals surface area contributed by atoms with Crippen LogP contribution in [-0.2, 0) is 0 Å². The number of aromatic nitrogens is 2. The highest BCUT2D eigenvalue weighted by Gasteiger charge is 2.33. The van der Waals surface area contributed by atoms with Gasteiger partial charge in [0.15, 0.2) is 0 Å². The number of aliphatic hydroxyl groups is 1. The first-order valence-corrected chi connectivity index (χ1v) is 5.42. The fourth-order valence-electron chi connectivity index (χ4n) is 2.07. The van der Waals surface area contributed by atoms with Crippen molar-refractivity contribution < 1.29 is 5.11 Å². The number of anilines is 1. The van der Waals surface area contributed by atoms with E-state index in [-0.39, 0.29) is 12.1 Å². The van der Waals surface area contributed by atoms with Crippen molar-refractivity contribution in [2.24, 2.45) is 0 Å². The SMILES string of the molecule is Cc1cnc(NC2(CO)CCCC2)nc1. The van der Waals surface area contributed by atoms with Crippen molar-refractivity contribution in [1.29, 1.82) is 0 Å². The van der Waals surface area contributed by atoms with Gasteiger partial charge in [0.2, 0.25) is 5.95 Å². The molecule has 15 heavy (non-hydrogen) atoms. The van der Waals surface area contributed by atoms with Gasteiger partial charge in [-0.25, -0.2) is 9.97 Å². The molecule has 0 unspecified atom stereocenters. The van der Waals surface area contributed by atoms with Gasteiger partial charge in [-0.15, -0.1) is 0 Å². The summed E-state index contributed by atoms with van der Waals surface area (Å²) in [7, 11) is 0. The predicted molar refractivity (Wildman–Crippen MR) is 58.7 cm³/mol. The molecule has 0 spiro atoms. The molecule has 82 valence electrons. The number of rotatable bonds is 3. The minimum Gasteiger partial charge on any atom is -0.394 e. The van der Waals surface area contributed by atoms with Crippen LogP contribution in [0.5, 0.6) is 0 Å². The van der Waals surface area contributed by atoms with E-state index in [9.17, 15) is 5.11 Å². The quantitative estimate of drug-likeness (QED) is 0.788. The van der Waals surface area contributed by atoms with Crippen molar-refractivity contribution in [2.45, 2.75) is 38.1 Å². The number of aliphatic hydroxyl groups excluding tert-OH is 1. The van der Waals surface area contributed by atoms with Crippen molar-refractivity contribution >= 4 is 5.95 Å². The van der Waals surface area contributed by atoms with Gasteiger partial charge in [-0.2, -0.15) is 0 Å². The molecule has 0 amide bonds. The van der Waals surface area contributed by atoms with Gasteiger partial charge < -0.3 is 10.4 Å². The standard InChI is InChI=1S/C11H17N3O/c1-9-6-12-10(13-7-9)14-11(8-15)4-2-3-5-11/h6-7,15H,2-5,8H2,1H3,(H,12,13,14). The van der Waals surface area contributed by atoms with Gasteiger partial charge in [-0.1, -0.05) is 12.8 Å². The lowest BCUT2D eigenvalue weighted by Gasteiger charge is -2.27. The lowest BCUT2D eigenvalue weighted by molar-refractivity contribution is 0.213. The normalized spacial score (nSPS) is 19.1. The first kappa shape index (κ1) is 10.4. The van der Waals surface area contributed by atoms with E-state index in [1.807, 2.05) is 6.92 Å². The average Bonchev–Trinajstić information content (AvgIpc) is 2.71. The van der Waals surface area contributed by atoms with E-state index >= 15 is 0 Å². The van der Waals surface area contributed by atoms with Gasteiger partial charge in [-0.05, 0) is 25.3 Å². The van der Waals surface area contributed by atoms with Gasteiger partial charge in [0.25, 0.3) is 0 Å². The first-order chi connectivity index (χ1) is 7.24. The maximum atomic E-state index is 9.41. The summed E-state index contributed by atoms with van der Waals surface area (Å²) in [6.45, 7) is 2.12. The minimum atomic E-state index is -0.185. The monoisotopic (exact) mass is 207 g/mol. The lowest BCUT2D eigenvalue weighted by atomic mass is 9.99. The summed E-state index contributed by atoms with van der Waals surface area (Å²) in [5.41, 5.74) is 0.861. The molecule has 1 aromatic heterocycles. The Morgan fingerprint density at radius 3 is 2.47 bits per heavy atom. The van der Waals surface area contributed by atoms with Crippen LogP contribution < -0.4 is 5.32 Å². The smallest absolute Gasteiger partial charge is 0.223 e. The zero-order valence-electron chi connectivity index (χ0n) is 9.03. The summed E-state index contributed by atoms with van der Waals surface area (Å²) >= 11 is 0. The number of nitrogens with zero attached hydrogens (tertiary/aromatic N) is 2. The summed E-state index contributed by atoms with van der Waals surface area (Å²) in [6, 6.07) is 0. The van der Waals surface area contributed by atoms with Crippen LogP contribution >= 0.6 is 0 Å². The Morgan fingerprint density at radius 2 is 1.93 bits per heavy atom. The van der Waals surface area contributed by atoms with E-state index in [4.69, 9.17) is 0 Å². The summed E-state index contributed by atoms with van der Waals surface area (Å²) in [6.07, 6.45) is 7.91. The second-order valence-corrected chi connectivity index (χ2v) is 4.35. The van der Waals surface area contributed by atoms with Gasteiger partial charge in [0, 0.05) is 12.4 Å². The third-order valence-electron chi connectivity index (χ3n) is 3.02. The van der Waals surface area contributed by atoms with Crippen LogP contribution in [0.3, 0.4) is 0 Å². The molecular weight excluding hydrogens is 190 g/mol. The molecule has 1 aliphatic carbocycles. The summed E-state index contributed by atoms with van der Waals surface area (Å²) < 4.78 is 0. The van der Waals surface area contributed by atoms with Crippen LogP contribution in [-0.4, -0.2) is 27.2 Å². The largest absolute Gasteiger partial charge is 0.394 e. The van der Waals surface area contributed by atoms with Crippen LogP contribution in [0.2, 0.25) is 0 Å². The molecule has 2 rings (SSSR count). The molecule has 4 nitrogen and oxygen atoms in total. The number of hydrogen-bond acceptors (Lipinski definition) is 4. The molecule has 0 bridgehead atoms. The maximum Gasteiger partial charge on any atom is 0.223 e. The lowest BCUT2D eigenvalue weighted by Crippen LogP contribution is -2.39. The van der Waals surface area contributed by atoms with Gasteiger partial charge in [0.05, 0.1) is 12.1 Å². The molecule has 0 aliphatic heterocycles. The van der Waals surface area contributed by atoms with E-state index in [1.54, 1.807) is 12.4 Å². The molecular formula is C11H17N3O. The highest BCUT2D eigenvalue weighted by Crippen LogP contribution is 2.31. The van der Waals surface area contributed by atoms with Gasteiger partial charge in [0.1, 0.15) is 0 Å². The molecule has 1 aliphatic rings. The number of hydrogen-bond donors (Lipinski definition) is 2. The molecule has 0 atom stereocenters. The van der Waals surface area contributed by atoms with Crippen LogP contribution in [0.4, 0.5) is 5.95 Å². The molecule has 1 heterocycles. The van der Waals surface area contributed by atoms with Crippen molar-refractivity contribution in [3.8, 4) is 0 Å². The highest BCUT2D eigenvalue weighted by atomic mass is 16.3. The average molecular weight is 207 g/mol. The molecule has 0 saturated heterocycles.